The van der Waals surface area contributed by atoms with Crippen LogP contribution >= 0.6 is 11.6 Å². The summed E-state index contributed by atoms with van der Waals surface area (Å²) in [4.78, 5) is 41.2. The molecule has 3 rings (SSSR count). The number of methoxy groups -OCH3 is 2. The fourth-order valence-electron chi connectivity index (χ4n) is 3.24. The minimum atomic E-state index is -0.692. The Morgan fingerprint density at radius 1 is 1.13 bits per heavy atom. The number of hydrogen-bond acceptors (Lipinski definition) is 6. The number of likely N-dealkylation sites (tertiary alicyclic amines) is 1. The van der Waals surface area contributed by atoms with Gasteiger partial charge in [-0.2, -0.15) is 0 Å². The number of ketones is 1. The third-order valence-corrected chi connectivity index (χ3v) is 5.12. The van der Waals surface area contributed by atoms with Crippen LogP contribution in [0.25, 0.3) is 6.08 Å². The summed E-state index contributed by atoms with van der Waals surface area (Å²) < 4.78 is 15.4. The molecule has 0 radical (unpaired) electrons. The number of nitrogens with zero attached hydrogens (tertiary/aromatic N) is 1. The molecular formula is C22H23ClN2O6. The quantitative estimate of drug-likeness (QED) is 0.379. The molecule has 0 aliphatic carbocycles. The van der Waals surface area contributed by atoms with Gasteiger partial charge in [0.2, 0.25) is 5.78 Å². The van der Waals surface area contributed by atoms with Crippen LogP contribution < -0.4 is 9.47 Å². The predicted octanol–water partition coefficient (Wildman–Crippen LogP) is 3.36. The van der Waals surface area contributed by atoms with Gasteiger partial charge in [-0.05, 0) is 42.7 Å². The van der Waals surface area contributed by atoms with Crippen LogP contribution in [-0.4, -0.2) is 61.5 Å². The molecule has 1 saturated heterocycles. The van der Waals surface area contributed by atoms with E-state index in [0.29, 0.717) is 27.8 Å². The zero-order chi connectivity index (χ0) is 22.4. The molecule has 1 amide bonds. The molecule has 0 unspecified atom stereocenters. The van der Waals surface area contributed by atoms with Crippen molar-refractivity contribution in [1.82, 2.24) is 9.88 Å². The Labute approximate surface area is 184 Å². The number of nitrogens with one attached hydrogen (secondary N) is 1. The Morgan fingerprint density at radius 3 is 2.55 bits per heavy atom. The van der Waals surface area contributed by atoms with Crippen molar-refractivity contribution in [3.8, 4) is 11.5 Å². The SMILES string of the molecule is COc1cc(/C=C/C(=O)OCC(=O)c2c[nH]c(C(=O)N3CCCC3)c2)cc(Cl)c1OC. The molecule has 1 aliphatic heterocycles. The van der Waals surface area contributed by atoms with Crippen LogP contribution in [0.1, 0.15) is 39.3 Å². The molecule has 1 aromatic carbocycles. The number of H-pyrrole nitrogens is 1. The summed E-state index contributed by atoms with van der Waals surface area (Å²) in [5.41, 5.74) is 1.23. The maximum absolute atomic E-state index is 12.3. The van der Waals surface area contributed by atoms with E-state index in [9.17, 15) is 14.4 Å². The first-order valence-electron chi connectivity index (χ1n) is 9.70. The van der Waals surface area contributed by atoms with Gasteiger partial charge < -0.3 is 24.1 Å². The first kappa shape index (κ1) is 22.4. The summed E-state index contributed by atoms with van der Waals surface area (Å²) in [5, 5.41) is 0.330. The number of carbonyl (C=O) groups is 3. The van der Waals surface area contributed by atoms with E-state index in [0.717, 1.165) is 25.9 Å². The minimum absolute atomic E-state index is 0.134. The van der Waals surface area contributed by atoms with E-state index in [1.165, 1.54) is 38.6 Å². The van der Waals surface area contributed by atoms with Gasteiger partial charge in [-0.3, -0.25) is 9.59 Å². The van der Waals surface area contributed by atoms with E-state index in [4.69, 9.17) is 25.8 Å². The Hall–Kier alpha value is -3.26. The maximum Gasteiger partial charge on any atom is 0.331 e. The van der Waals surface area contributed by atoms with Crippen molar-refractivity contribution in [2.24, 2.45) is 0 Å². The van der Waals surface area contributed by atoms with Crippen LogP contribution in [0.2, 0.25) is 5.02 Å². The zero-order valence-corrected chi connectivity index (χ0v) is 18.0. The lowest BCUT2D eigenvalue weighted by atomic mass is 10.2. The fraction of sp³-hybridized carbons (Fsp3) is 0.318. The number of ether oxygens (including phenoxy) is 3. The Bertz CT molecular complexity index is 1010. The normalized spacial score (nSPS) is 13.5. The fourth-order valence-corrected chi connectivity index (χ4v) is 3.53. The molecule has 1 N–H and O–H groups in total. The molecule has 1 aliphatic rings. The molecule has 31 heavy (non-hydrogen) atoms. The van der Waals surface area contributed by atoms with Gasteiger partial charge in [-0.1, -0.05) is 11.6 Å². The van der Waals surface area contributed by atoms with Crippen molar-refractivity contribution in [3.05, 3.63) is 52.3 Å². The minimum Gasteiger partial charge on any atom is -0.493 e. The van der Waals surface area contributed by atoms with Gasteiger partial charge in [0.15, 0.2) is 18.1 Å². The second-order valence-corrected chi connectivity index (χ2v) is 7.31. The van der Waals surface area contributed by atoms with Gasteiger partial charge in [0.1, 0.15) is 5.69 Å². The monoisotopic (exact) mass is 446 g/mol. The highest BCUT2D eigenvalue weighted by atomic mass is 35.5. The topological polar surface area (TPSA) is 97.9 Å². The van der Waals surface area contributed by atoms with Crippen molar-refractivity contribution >= 4 is 35.3 Å². The molecule has 2 aromatic rings. The molecule has 164 valence electrons. The summed E-state index contributed by atoms with van der Waals surface area (Å²) in [6.07, 6.45) is 6.09. The summed E-state index contributed by atoms with van der Waals surface area (Å²) >= 11 is 6.14. The molecule has 0 saturated carbocycles. The lowest BCUT2D eigenvalue weighted by Crippen LogP contribution is -2.27. The van der Waals surface area contributed by atoms with Gasteiger partial charge in [-0.15, -0.1) is 0 Å². The third-order valence-electron chi connectivity index (χ3n) is 4.84. The van der Waals surface area contributed by atoms with Crippen LogP contribution in [-0.2, 0) is 9.53 Å². The predicted molar refractivity (Wildman–Crippen MR) is 115 cm³/mol. The Kier molecular flexibility index (Phi) is 7.36. The van der Waals surface area contributed by atoms with Crippen molar-refractivity contribution < 1.29 is 28.6 Å². The maximum atomic E-state index is 12.3. The summed E-state index contributed by atoms with van der Waals surface area (Å²) in [6, 6.07) is 4.74. The van der Waals surface area contributed by atoms with Gasteiger partial charge in [0, 0.05) is 30.9 Å². The number of amides is 1. The molecule has 0 bridgehead atoms. The summed E-state index contributed by atoms with van der Waals surface area (Å²) in [7, 11) is 2.95. The molecule has 8 nitrogen and oxygen atoms in total. The number of aromatic nitrogens is 1. The van der Waals surface area contributed by atoms with Crippen molar-refractivity contribution in [2.45, 2.75) is 12.8 Å². The van der Waals surface area contributed by atoms with E-state index < -0.39 is 18.4 Å². The summed E-state index contributed by atoms with van der Waals surface area (Å²) in [5.74, 6) is -0.422. The van der Waals surface area contributed by atoms with E-state index in [1.54, 1.807) is 17.0 Å². The summed E-state index contributed by atoms with van der Waals surface area (Å²) in [6.45, 7) is 0.998. The van der Waals surface area contributed by atoms with E-state index in [1.807, 2.05) is 0 Å². The number of benzene rings is 1. The van der Waals surface area contributed by atoms with Crippen LogP contribution in [0, 0.1) is 0 Å². The number of aromatic amines is 1. The van der Waals surface area contributed by atoms with E-state index in [-0.39, 0.29) is 11.5 Å². The average molecular weight is 447 g/mol. The Morgan fingerprint density at radius 2 is 1.87 bits per heavy atom. The highest BCUT2D eigenvalue weighted by Gasteiger charge is 2.22. The molecule has 1 aromatic heterocycles. The van der Waals surface area contributed by atoms with Gasteiger partial charge in [-0.25, -0.2) is 4.79 Å². The van der Waals surface area contributed by atoms with Crippen LogP contribution in [0.3, 0.4) is 0 Å². The van der Waals surface area contributed by atoms with Crippen LogP contribution in [0.5, 0.6) is 11.5 Å². The van der Waals surface area contributed by atoms with Crippen LogP contribution in [0.4, 0.5) is 0 Å². The third kappa shape index (κ3) is 5.46. The molecule has 0 atom stereocenters. The first-order chi connectivity index (χ1) is 14.9. The van der Waals surface area contributed by atoms with E-state index in [2.05, 4.69) is 4.98 Å². The van der Waals surface area contributed by atoms with Crippen molar-refractivity contribution in [3.63, 3.8) is 0 Å². The number of carbonyl (C=O) groups excluding carboxylic acids is 3. The van der Waals surface area contributed by atoms with Crippen molar-refractivity contribution in [1.29, 1.82) is 0 Å². The lowest BCUT2D eigenvalue weighted by Gasteiger charge is -2.13. The Balaban J connectivity index is 1.55. The van der Waals surface area contributed by atoms with Crippen LogP contribution in [0.15, 0.2) is 30.5 Å². The van der Waals surface area contributed by atoms with E-state index >= 15 is 0 Å². The van der Waals surface area contributed by atoms with Crippen molar-refractivity contribution in [2.75, 3.05) is 33.9 Å². The average Bonchev–Trinajstić information content (AvgIpc) is 3.47. The lowest BCUT2D eigenvalue weighted by molar-refractivity contribution is -0.136. The number of halogens is 1. The number of esters is 1. The molecular weight excluding hydrogens is 424 g/mol. The molecule has 9 heteroatoms. The smallest absolute Gasteiger partial charge is 0.331 e. The van der Waals surface area contributed by atoms with Gasteiger partial charge >= 0.3 is 5.97 Å². The number of Topliss-reactive ketones (excluding diaryl/α,β-unsaturated/α-hetero) is 1. The molecule has 2 heterocycles. The zero-order valence-electron chi connectivity index (χ0n) is 17.3. The number of hydrogen-bond donors (Lipinski definition) is 1. The molecule has 1 fully saturated rings. The van der Waals surface area contributed by atoms with Gasteiger partial charge in [0.25, 0.3) is 5.91 Å². The standard InChI is InChI=1S/C22H23ClN2O6/c1-29-19-10-14(9-16(23)21(19)30-2)5-6-20(27)31-13-18(26)15-11-17(24-12-15)22(28)25-7-3-4-8-25/h5-6,9-12,24H,3-4,7-8,13H2,1-2H3/b6-5+. The number of rotatable bonds is 8. The first-order valence-corrected chi connectivity index (χ1v) is 10.1. The molecule has 0 spiro atoms. The van der Waals surface area contributed by atoms with Gasteiger partial charge in [0.05, 0.1) is 19.2 Å². The highest BCUT2D eigenvalue weighted by Crippen LogP contribution is 2.36. The largest absolute Gasteiger partial charge is 0.493 e. The second kappa shape index (κ2) is 10.2. The highest BCUT2D eigenvalue weighted by molar-refractivity contribution is 6.32. The second-order valence-electron chi connectivity index (χ2n) is 6.90.